The van der Waals surface area contributed by atoms with E-state index in [0.29, 0.717) is 18.7 Å². The Labute approximate surface area is 94.7 Å². The number of carbonyl (C=O) groups is 1. The molecule has 1 heterocycles. The van der Waals surface area contributed by atoms with E-state index in [1.54, 1.807) is 17.0 Å². The lowest BCUT2D eigenvalue weighted by molar-refractivity contribution is -0.117. The van der Waals surface area contributed by atoms with Crippen molar-refractivity contribution in [3.8, 4) is 18.1 Å². The van der Waals surface area contributed by atoms with Crippen LogP contribution in [0, 0.1) is 25.2 Å². The van der Waals surface area contributed by atoms with Crippen molar-refractivity contribution < 1.29 is 9.90 Å². The summed E-state index contributed by atoms with van der Waals surface area (Å²) in [4.78, 5) is 13.3. The molecule has 1 amide bonds. The maximum absolute atomic E-state index is 11.8. The van der Waals surface area contributed by atoms with Crippen LogP contribution in [-0.2, 0) is 4.79 Å². The molecule has 0 radical (unpaired) electrons. The smallest absolute Gasteiger partial charge is 0.228 e. The van der Waals surface area contributed by atoms with Crippen LogP contribution in [0.5, 0.6) is 5.75 Å². The molecule has 0 aliphatic carbocycles. The van der Waals surface area contributed by atoms with E-state index in [1.165, 1.54) is 0 Å². The molecule has 2 rings (SSSR count). The summed E-state index contributed by atoms with van der Waals surface area (Å²) in [6.07, 6.45) is 5.69. The van der Waals surface area contributed by atoms with Crippen LogP contribution in [-0.4, -0.2) is 17.6 Å². The average Bonchev–Trinajstić information content (AvgIpc) is 2.60. The van der Waals surface area contributed by atoms with E-state index < -0.39 is 0 Å². The standard InChI is InChI=1S/C13H13NO2/c1-3-10-7-12(16)14(8-10)13-9(2)5-4-6-11(13)15/h1,4-6,10,15H,7-8H2,2H3. The zero-order chi connectivity index (χ0) is 11.7. The zero-order valence-corrected chi connectivity index (χ0v) is 9.10. The molecular formula is C13H13NO2. The van der Waals surface area contributed by atoms with E-state index in [-0.39, 0.29) is 17.6 Å². The highest BCUT2D eigenvalue weighted by Gasteiger charge is 2.31. The fraction of sp³-hybridized carbons (Fsp3) is 0.308. The van der Waals surface area contributed by atoms with E-state index in [4.69, 9.17) is 6.42 Å². The van der Waals surface area contributed by atoms with Gasteiger partial charge in [0.2, 0.25) is 5.91 Å². The number of benzene rings is 1. The SMILES string of the molecule is C#CC1CC(=O)N(c2c(C)cccc2O)C1. The molecule has 1 atom stereocenters. The number of phenolic OH excluding ortho intramolecular Hbond substituents is 1. The Bertz CT molecular complexity index is 453. The number of para-hydroxylation sites is 1. The maximum Gasteiger partial charge on any atom is 0.228 e. The molecule has 16 heavy (non-hydrogen) atoms. The van der Waals surface area contributed by atoms with Crippen molar-refractivity contribution in [2.45, 2.75) is 13.3 Å². The van der Waals surface area contributed by atoms with Crippen LogP contribution in [0.1, 0.15) is 12.0 Å². The van der Waals surface area contributed by atoms with Crippen molar-refractivity contribution in [2.75, 3.05) is 11.4 Å². The molecule has 1 N–H and O–H groups in total. The second-order valence-electron chi connectivity index (χ2n) is 4.01. The van der Waals surface area contributed by atoms with E-state index in [0.717, 1.165) is 5.56 Å². The Kier molecular flexibility index (Phi) is 2.57. The second kappa shape index (κ2) is 3.90. The number of anilines is 1. The number of nitrogens with zero attached hydrogens (tertiary/aromatic N) is 1. The normalized spacial score (nSPS) is 19.9. The Balaban J connectivity index is 2.39. The number of carbonyl (C=O) groups excluding carboxylic acids is 1. The summed E-state index contributed by atoms with van der Waals surface area (Å²) in [7, 11) is 0. The third-order valence-corrected chi connectivity index (χ3v) is 2.85. The molecule has 0 aromatic heterocycles. The molecule has 1 unspecified atom stereocenters. The number of terminal acetylenes is 1. The first-order chi connectivity index (χ1) is 7.63. The van der Waals surface area contributed by atoms with Crippen molar-refractivity contribution in [3.63, 3.8) is 0 Å². The number of amides is 1. The van der Waals surface area contributed by atoms with Crippen LogP contribution in [0.3, 0.4) is 0 Å². The third-order valence-electron chi connectivity index (χ3n) is 2.85. The number of hydrogen-bond acceptors (Lipinski definition) is 2. The number of phenols is 1. The lowest BCUT2D eigenvalue weighted by atomic mass is 10.1. The highest BCUT2D eigenvalue weighted by molar-refractivity contribution is 5.98. The summed E-state index contributed by atoms with van der Waals surface area (Å²) >= 11 is 0. The van der Waals surface area contributed by atoms with Crippen LogP contribution in [0.4, 0.5) is 5.69 Å². The molecule has 0 bridgehead atoms. The molecule has 0 spiro atoms. The Morgan fingerprint density at radius 1 is 1.56 bits per heavy atom. The van der Waals surface area contributed by atoms with Gasteiger partial charge in [0.15, 0.2) is 0 Å². The van der Waals surface area contributed by atoms with Gasteiger partial charge in [0.1, 0.15) is 5.75 Å². The zero-order valence-electron chi connectivity index (χ0n) is 9.10. The van der Waals surface area contributed by atoms with E-state index in [2.05, 4.69) is 5.92 Å². The van der Waals surface area contributed by atoms with Gasteiger partial charge in [0.25, 0.3) is 0 Å². The van der Waals surface area contributed by atoms with Gasteiger partial charge in [-0.25, -0.2) is 0 Å². The van der Waals surface area contributed by atoms with Gasteiger partial charge < -0.3 is 10.0 Å². The van der Waals surface area contributed by atoms with Gasteiger partial charge in [-0.05, 0) is 18.6 Å². The fourth-order valence-electron chi connectivity index (χ4n) is 2.03. The van der Waals surface area contributed by atoms with Crippen LogP contribution in [0.25, 0.3) is 0 Å². The second-order valence-corrected chi connectivity index (χ2v) is 4.01. The van der Waals surface area contributed by atoms with E-state index >= 15 is 0 Å². The highest BCUT2D eigenvalue weighted by Crippen LogP contribution is 2.34. The van der Waals surface area contributed by atoms with Crippen LogP contribution in [0.2, 0.25) is 0 Å². The Hall–Kier alpha value is -1.95. The van der Waals surface area contributed by atoms with Crippen molar-refractivity contribution in [2.24, 2.45) is 5.92 Å². The minimum Gasteiger partial charge on any atom is -0.506 e. The van der Waals surface area contributed by atoms with Crippen molar-refractivity contribution >= 4 is 11.6 Å². The predicted octanol–water partition coefficient (Wildman–Crippen LogP) is 1.69. The minimum absolute atomic E-state index is 0.0208. The van der Waals surface area contributed by atoms with Gasteiger partial charge in [-0.3, -0.25) is 4.79 Å². The Morgan fingerprint density at radius 2 is 2.31 bits per heavy atom. The van der Waals surface area contributed by atoms with Gasteiger partial charge in [-0.1, -0.05) is 12.1 Å². The molecule has 1 fully saturated rings. The van der Waals surface area contributed by atoms with Crippen molar-refractivity contribution in [3.05, 3.63) is 23.8 Å². The first-order valence-corrected chi connectivity index (χ1v) is 5.18. The molecule has 82 valence electrons. The summed E-state index contributed by atoms with van der Waals surface area (Å²) in [5, 5.41) is 9.78. The largest absolute Gasteiger partial charge is 0.506 e. The third kappa shape index (κ3) is 1.63. The van der Waals surface area contributed by atoms with E-state index in [9.17, 15) is 9.90 Å². The summed E-state index contributed by atoms with van der Waals surface area (Å²) < 4.78 is 0. The molecule has 3 nitrogen and oxygen atoms in total. The molecule has 1 aliphatic rings. The average molecular weight is 215 g/mol. The molecule has 3 heteroatoms. The topological polar surface area (TPSA) is 40.5 Å². The molecule has 1 aliphatic heterocycles. The van der Waals surface area contributed by atoms with E-state index in [1.807, 2.05) is 13.0 Å². The van der Waals surface area contributed by atoms with Crippen molar-refractivity contribution in [1.29, 1.82) is 0 Å². The van der Waals surface area contributed by atoms with Crippen LogP contribution < -0.4 is 4.90 Å². The summed E-state index contributed by atoms with van der Waals surface area (Å²) in [6.45, 7) is 2.36. The monoisotopic (exact) mass is 215 g/mol. The lowest BCUT2D eigenvalue weighted by Crippen LogP contribution is -2.25. The van der Waals surface area contributed by atoms with Crippen molar-refractivity contribution in [1.82, 2.24) is 0 Å². The quantitative estimate of drug-likeness (QED) is 0.724. The minimum atomic E-state index is -0.0495. The number of rotatable bonds is 1. The number of aryl methyl sites for hydroxylation is 1. The lowest BCUT2D eigenvalue weighted by Gasteiger charge is -2.19. The Morgan fingerprint density at radius 3 is 2.88 bits per heavy atom. The van der Waals surface area contributed by atoms with Crippen LogP contribution in [0.15, 0.2) is 18.2 Å². The predicted molar refractivity (Wildman–Crippen MR) is 62.1 cm³/mol. The summed E-state index contributed by atoms with van der Waals surface area (Å²) in [5.74, 6) is 2.65. The van der Waals surface area contributed by atoms with Gasteiger partial charge in [0, 0.05) is 18.9 Å². The van der Waals surface area contributed by atoms with Gasteiger partial charge >= 0.3 is 0 Å². The van der Waals surface area contributed by atoms with Crippen LogP contribution >= 0.6 is 0 Å². The number of aromatic hydroxyl groups is 1. The fourth-order valence-corrected chi connectivity index (χ4v) is 2.03. The van der Waals surface area contributed by atoms with Gasteiger partial charge in [-0.15, -0.1) is 12.3 Å². The molecule has 0 saturated carbocycles. The highest BCUT2D eigenvalue weighted by atomic mass is 16.3. The molecule has 1 aromatic carbocycles. The summed E-state index contributed by atoms with van der Waals surface area (Å²) in [6, 6.07) is 5.21. The first kappa shape index (κ1) is 10.6. The van der Waals surface area contributed by atoms with Gasteiger partial charge in [0.05, 0.1) is 5.69 Å². The molecule has 1 saturated heterocycles. The summed E-state index contributed by atoms with van der Waals surface area (Å²) in [5.41, 5.74) is 1.47. The number of hydrogen-bond donors (Lipinski definition) is 1. The molecule has 1 aromatic rings. The first-order valence-electron chi connectivity index (χ1n) is 5.18. The van der Waals surface area contributed by atoms with Gasteiger partial charge in [-0.2, -0.15) is 0 Å². The maximum atomic E-state index is 11.8. The molecular weight excluding hydrogens is 202 g/mol.